The second kappa shape index (κ2) is 9.48. The third-order valence-electron chi connectivity index (χ3n) is 4.97. The maximum absolute atomic E-state index is 5.83. The van der Waals surface area contributed by atoms with Gasteiger partial charge in [-0.05, 0) is 72.4 Å². The van der Waals surface area contributed by atoms with Gasteiger partial charge in [-0.25, -0.2) is 0 Å². The van der Waals surface area contributed by atoms with Crippen molar-refractivity contribution in [2.24, 2.45) is 0 Å². The van der Waals surface area contributed by atoms with E-state index in [1.165, 1.54) is 7.76 Å². The summed E-state index contributed by atoms with van der Waals surface area (Å²) >= 11 is 5.92. The van der Waals surface area contributed by atoms with E-state index in [1.807, 2.05) is 17.4 Å². The molecule has 0 amide bonds. The van der Waals surface area contributed by atoms with Crippen LogP contribution >= 0.6 is 57.7 Å². The minimum Gasteiger partial charge on any atom is -0.348 e. The lowest BCUT2D eigenvalue weighted by molar-refractivity contribution is -0.193. The summed E-state index contributed by atoms with van der Waals surface area (Å²) in [6, 6.07) is 8.55. The molecule has 0 aromatic carbocycles. The first-order valence-corrected chi connectivity index (χ1v) is 11.1. The Morgan fingerprint density at radius 1 is 0.960 bits per heavy atom. The van der Waals surface area contributed by atoms with Gasteiger partial charge in [0.25, 0.3) is 0 Å². The van der Waals surface area contributed by atoms with Crippen LogP contribution in [0.2, 0.25) is 0 Å². The molecule has 2 aliphatic rings. The molecule has 0 atom stereocenters. The first-order valence-electron chi connectivity index (χ1n) is 8.25. The maximum atomic E-state index is 5.83. The SMILES string of the molecule is CN(C)C1(c2cccs2)CCC2(CC1)OCCO2.Cl.Ic1cccs1. The Morgan fingerprint density at radius 3 is 1.96 bits per heavy atom. The van der Waals surface area contributed by atoms with E-state index in [1.54, 1.807) is 11.3 Å². The molecular formula is C18H25ClINO2S2. The summed E-state index contributed by atoms with van der Waals surface area (Å²) in [4.78, 5) is 3.85. The number of halogens is 2. The molecule has 1 saturated carbocycles. The van der Waals surface area contributed by atoms with Gasteiger partial charge in [-0.3, -0.25) is 4.90 Å². The van der Waals surface area contributed by atoms with Crippen LogP contribution in [0.5, 0.6) is 0 Å². The van der Waals surface area contributed by atoms with Crippen molar-refractivity contribution in [3.8, 4) is 0 Å². The Kier molecular flexibility index (Phi) is 8.19. The van der Waals surface area contributed by atoms with Gasteiger partial charge in [-0.2, -0.15) is 0 Å². The lowest BCUT2D eigenvalue weighted by Crippen LogP contribution is -2.49. The van der Waals surface area contributed by atoms with Crippen molar-refractivity contribution in [1.82, 2.24) is 4.90 Å². The molecule has 3 heterocycles. The molecule has 1 spiro atoms. The van der Waals surface area contributed by atoms with Crippen LogP contribution in [-0.2, 0) is 15.0 Å². The molecule has 1 aliphatic heterocycles. The number of hydrogen-bond acceptors (Lipinski definition) is 5. The zero-order valence-corrected chi connectivity index (χ0v) is 19.2. The largest absolute Gasteiger partial charge is 0.348 e. The van der Waals surface area contributed by atoms with Crippen molar-refractivity contribution in [3.05, 3.63) is 42.8 Å². The highest BCUT2D eigenvalue weighted by Crippen LogP contribution is 2.48. The van der Waals surface area contributed by atoms with Gasteiger partial charge in [-0.1, -0.05) is 12.1 Å². The maximum Gasteiger partial charge on any atom is 0.168 e. The number of rotatable bonds is 2. The molecule has 1 aliphatic carbocycles. The van der Waals surface area contributed by atoms with Crippen LogP contribution in [0.25, 0.3) is 0 Å². The minimum atomic E-state index is -0.267. The van der Waals surface area contributed by atoms with Crippen LogP contribution in [0.3, 0.4) is 0 Å². The summed E-state index contributed by atoms with van der Waals surface area (Å²) in [5, 5.41) is 4.25. The Hall–Kier alpha value is 0.300. The molecule has 140 valence electrons. The van der Waals surface area contributed by atoms with Crippen LogP contribution in [0.4, 0.5) is 0 Å². The molecule has 0 N–H and O–H groups in total. The molecule has 7 heteroatoms. The summed E-state index contributed by atoms with van der Waals surface area (Å²) < 4.78 is 13.0. The van der Waals surface area contributed by atoms with Crippen molar-refractivity contribution in [3.63, 3.8) is 0 Å². The average Bonchev–Trinajstić information content (AvgIpc) is 3.32. The second-order valence-corrected chi connectivity index (χ2v) is 10.2. The molecule has 3 nitrogen and oxygen atoms in total. The topological polar surface area (TPSA) is 21.7 Å². The number of hydrogen-bond donors (Lipinski definition) is 0. The van der Waals surface area contributed by atoms with Gasteiger partial charge in [0.15, 0.2) is 5.79 Å². The van der Waals surface area contributed by atoms with E-state index >= 15 is 0 Å². The van der Waals surface area contributed by atoms with E-state index in [-0.39, 0.29) is 23.7 Å². The fraction of sp³-hybridized carbons (Fsp3) is 0.556. The van der Waals surface area contributed by atoms with Crippen LogP contribution in [0.15, 0.2) is 35.0 Å². The van der Waals surface area contributed by atoms with E-state index in [0.29, 0.717) is 0 Å². The smallest absolute Gasteiger partial charge is 0.168 e. The van der Waals surface area contributed by atoms with Gasteiger partial charge in [0.05, 0.1) is 21.6 Å². The third kappa shape index (κ3) is 4.97. The summed E-state index contributed by atoms with van der Waals surface area (Å²) in [7, 11) is 4.38. The van der Waals surface area contributed by atoms with Crippen LogP contribution in [-0.4, -0.2) is 38.0 Å². The van der Waals surface area contributed by atoms with E-state index in [9.17, 15) is 0 Å². The van der Waals surface area contributed by atoms with Crippen LogP contribution in [0, 0.1) is 2.88 Å². The zero-order valence-electron chi connectivity index (χ0n) is 14.6. The van der Waals surface area contributed by atoms with Gasteiger partial charge < -0.3 is 9.47 Å². The normalized spacial score (nSPS) is 20.8. The highest BCUT2D eigenvalue weighted by Gasteiger charge is 2.48. The summed E-state index contributed by atoms with van der Waals surface area (Å²) in [5.41, 5.74) is 0.175. The van der Waals surface area contributed by atoms with Crippen LogP contribution in [0.1, 0.15) is 30.6 Å². The number of ether oxygens (including phenoxy) is 2. The van der Waals surface area contributed by atoms with Gasteiger partial charge in [-0.15, -0.1) is 35.1 Å². The van der Waals surface area contributed by atoms with E-state index in [2.05, 4.69) is 70.5 Å². The highest BCUT2D eigenvalue weighted by atomic mass is 127. The summed E-state index contributed by atoms with van der Waals surface area (Å²) in [5.74, 6) is -0.267. The highest BCUT2D eigenvalue weighted by molar-refractivity contribution is 14.1. The standard InChI is InChI=1S/C14H21NO2S.C4H3IS.ClH/c1-15(2)13(12-4-3-11-18-12)5-7-14(8-6-13)16-9-10-17-14;5-4-2-1-3-6-4;/h3-4,11H,5-10H2,1-2H3;1-3H;1H. The lowest BCUT2D eigenvalue weighted by Gasteiger charge is -2.47. The minimum absolute atomic E-state index is 0. The Balaban J connectivity index is 0.000000275. The van der Waals surface area contributed by atoms with E-state index in [4.69, 9.17) is 9.47 Å². The van der Waals surface area contributed by atoms with E-state index < -0.39 is 0 Å². The number of thiophene rings is 2. The predicted octanol–water partition coefficient (Wildman–Crippen LogP) is 5.60. The zero-order chi connectivity index (χ0) is 17.0. The Morgan fingerprint density at radius 2 is 1.56 bits per heavy atom. The van der Waals surface area contributed by atoms with E-state index in [0.717, 1.165) is 38.9 Å². The fourth-order valence-electron chi connectivity index (χ4n) is 3.55. The summed E-state index contributed by atoms with van der Waals surface area (Å²) in [6.45, 7) is 1.52. The third-order valence-corrected chi connectivity index (χ3v) is 7.81. The Labute approximate surface area is 178 Å². The van der Waals surface area contributed by atoms with Crippen molar-refractivity contribution in [2.75, 3.05) is 27.3 Å². The molecular weight excluding hydrogens is 489 g/mol. The fourth-order valence-corrected chi connectivity index (χ4v) is 5.71. The van der Waals surface area contributed by atoms with Gasteiger partial charge >= 0.3 is 0 Å². The first kappa shape index (κ1) is 21.6. The van der Waals surface area contributed by atoms with Crippen molar-refractivity contribution < 1.29 is 9.47 Å². The van der Waals surface area contributed by atoms with Gasteiger partial charge in [0.2, 0.25) is 0 Å². The quantitative estimate of drug-likeness (QED) is 0.488. The average molecular weight is 514 g/mol. The molecule has 4 rings (SSSR count). The van der Waals surface area contributed by atoms with Crippen molar-refractivity contribution in [1.29, 1.82) is 0 Å². The molecule has 0 unspecified atom stereocenters. The molecule has 0 bridgehead atoms. The van der Waals surface area contributed by atoms with Gasteiger partial charge in [0, 0.05) is 17.7 Å². The molecule has 2 aromatic rings. The van der Waals surface area contributed by atoms with Crippen molar-refractivity contribution in [2.45, 2.75) is 37.0 Å². The first-order chi connectivity index (χ1) is 11.6. The van der Waals surface area contributed by atoms with Crippen molar-refractivity contribution >= 4 is 57.7 Å². The lowest BCUT2D eigenvalue weighted by atomic mass is 9.77. The van der Waals surface area contributed by atoms with Crippen LogP contribution < -0.4 is 0 Å². The second-order valence-electron chi connectivity index (χ2n) is 6.43. The number of nitrogens with zero attached hydrogens (tertiary/aromatic N) is 1. The van der Waals surface area contributed by atoms with Gasteiger partial charge in [0.1, 0.15) is 0 Å². The molecule has 2 fully saturated rings. The molecule has 0 radical (unpaired) electrons. The summed E-state index contributed by atoms with van der Waals surface area (Å²) in [6.07, 6.45) is 4.23. The monoisotopic (exact) mass is 513 g/mol. The molecule has 1 saturated heterocycles. The molecule has 2 aromatic heterocycles. The Bertz CT molecular complexity index is 603. The molecule has 25 heavy (non-hydrogen) atoms. The predicted molar refractivity (Wildman–Crippen MR) is 117 cm³/mol.